The molecule has 0 atom stereocenters. The van der Waals surface area contributed by atoms with Gasteiger partial charge in [0, 0.05) is 24.7 Å². The number of methoxy groups -OCH3 is 1. The zero-order valence-electron chi connectivity index (χ0n) is 16.3. The molecule has 1 aliphatic heterocycles. The van der Waals surface area contributed by atoms with Crippen molar-refractivity contribution in [2.45, 2.75) is 6.42 Å². The number of aromatic nitrogens is 4. The van der Waals surface area contributed by atoms with Crippen LogP contribution in [0.25, 0.3) is 22.3 Å². The number of hydrogen-bond acceptors (Lipinski definition) is 6. The molecule has 31 heavy (non-hydrogen) atoms. The molecule has 0 bridgehead atoms. The van der Waals surface area contributed by atoms with Crippen LogP contribution in [0.2, 0.25) is 0 Å². The van der Waals surface area contributed by atoms with Crippen LogP contribution in [-0.4, -0.2) is 39.2 Å². The van der Waals surface area contributed by atoms with Gasteiger partial charge in [-0.1, -0.05) is 6.07 Å². The standard InChI is InChI=1S/C21H16F2N6O2/c1-31-21-26-10-15-18(27-21)11(5-7-24-15)17-9-12-16(6-8-25-20(12)30)29(17)28-19-13(22)3-2-4-14(19)23/h2-5,7,9-10,28H,6,8H2,1H3,(H,25,30). The van der Waals surface area contributed by atoms with E-state index in [1.807, 2.05) is 0 Å². The molecule has 0 aliphatic carbocycles. The Labute approximate surface area is 174 Å². The molecule has 1 aliphatic rings. The summed E-state index contributed by atoms with van der Waals surface area (Å²) in [6.07, 6.45) is 3.58. The van der Waals surface area contributed by atoms with Crippen LogP contribution < -0.4 is 15.5 Å². The number of nitrogens with one attached hydrogen (secondary N) is 2. The Bertz CT molecular complexity index is 1320. The van der Waals surface area contributed by atoms with E-state index in [0.717, 1.165) is 12.1 Å². The highest BCUT2D eigenvalue weighted by molar-refractivity contribution is 5.99. The van der Waals surface area contributed by atoms with Crippen LogP contribution in [0.15, 0.2) is 42.7 Å². The van der Waals surface area contributed by atoms with Gasteiger partial charge in [-0.3, -0.25) is 19.9 Å². The van der Waals surface area contributed by atoms with Gasteiger partial charge in [0.1, 0.15) is 16.7 Å². The number of rotatable bonds is 4. The number of carbonyl (C=O) groups excluding carboxylic acids is 1. The minimum Gasteiger partial charge on any atom is -0.467 e. The van der Waals surface area contributed by atoms with Crippen molar-refractivity contribution in [3.8, 4) is 17.3 Å². The third-order valence-electron chi connectivity index (χ3n) is 5.10. The summed E-state index contributed by atoms with van der Waals surface area (Å²) in [5, 5.41) is 2.79. The average molecular weight is 422 g/mol. The molecule has 0 fully saturated rings. The molecule has 3 aromatic heterocycles. The largest absolute Gasteiger partial charge is 0.467 e. The van der Waals surface area contributed by atoms with E-state index in [0.29, 0.717) is 46.5 Å². The number of para-hydroxylation sites is 1. The van der Waals surface area contributed by atoms with E-state index < -0.39 is 11.6 Å². The maximum Gasteiger partial charge on any atom is 0.316 e. The summed E-state index contributed by atoms with van der Waals surface area (Å²) in [5.41, 5.74) is 5.59. The number of carbonyl (C=O) groups is 1. The normalized spacial score (nSPS) is 13.1. The van der Waals surface area contributed by atoms with Crippen LogP contribution >= 0.6 is 0 Å². The molecule has 10 heteroatoms. The molecule has 4 heterocycles. The van der Waals surface area contributed by atoms with Gasteiger partial charge in [-0.05, 0) is 24.3 Å². The van der Waals surface area contributed by atoms with Gasteiger partial charge in [-0.15, -0.1) is 0 Å². The highest BCUT2D eigenvalue weighted by Gasteiger charge is 2.26. The second-order valence-corrected chi connectivity index (χ2v) is 6.89. The fourth-order valence-corrected chi connectivity index (χ4v) is 3.65. The van der Waals surface area contributed by atoms with Crippen LogP contribution in [0, 0.1) is 11.6 Å². The molecule has 0 saturated carbocycles. The van der Waals surface area contributed by atoms with Gasteiger partial charge < -0.3 is 10.1 Å². The zero-order chi connectivity index (χ0) is 21.5. The minimum atomic E-state index is -0.753. The third kappa shape index (κ3) is 3.12. The van der Waals surface area contributed by atoms with Crippen LogP contribution in [0.1, 0.15) is 16.1 Å². The van der Waals surface area contributed by atoms with Crippen molar-refractivity contribution < 1.29 is 18.3 Å². The van der Waals surface area contributed by atoms with Crippen molar-refractivity contribution in [2.24, 2.45) is 0 Å². The summed E-state index contributed by atoms with van der Waals surface area (Å²) in [4.78, 5) is 25.2. The first-order valence-corrected chi connectivity index (χ1v) is 9.47. The lowest BCUT2D eigenvalue weighted by Gasteiger charge is -2.20. The number of ether oxygens (including phenoxy) is 1. The van der Waals surface area contributed by atoms with Gasteiger partial charge >= 0.3 is 6.01 Å². The first-order chi connectivity index (χ1) is 15.1. The number of fused-ring (bicyclic) bond motifs is 2. The third-order valence-corrected chi connectivity index (χ3v) is 5.10. The fraction of sp³-hybridized carbons (Fsp3) is 0.143. The molecule has 5 rings (SSSR count). The SMILES string of the molecule is COc1ncc2nccc(-c3cc4c(n3Nc3c(F)cccc3F)CCNC4=O)c2n1. The minimum absolute atomic E-state index is 0.149. The number of benzene rings is 1. The maximum absolute atomic E-state index is 14.4. The van der Waals surface area contributed by atoms with Crippen molar-refractivity contribution in [3.05, 3.63) is 65.6 Å². The Hall–Kier alpha value is -4.08. The van der Waals surface area contributed by atoms with E-state index in [1.165, 1.54) is 24.0 Å². The molecule has 0 radical (unpaired) electrons. The Morgan fingerprint density at radius 2 is 1.97 bits per heavy atom. The van der Waals surface area contributed by atoms with Gasteiger partial charge in [0.15, 0.2) is 11.6 Å². The number of nitrogens with zero attached hydrogens (tertiary/aromatic N) is 4. The van der Waals surface area contributed by atoms with Crippen molar-refractivity contribution >= 4 is 22.6 Å². The van der Waals surface area contributed by atoms with E-state index in [9.17, 15) is 13.6 Å². The van der Waals surface area contributed by atoms with Crippen molar-refractivity contribution in [2.75, 3.05) is 19.1 Å². The summed E-state index contributed by atoms with van der Waals surface area (Å²) in [5.74, 6) is -1.77. The summed E-state index contributed by atoms with van der Waals surface area (Å²) < 4.78 is 35.4. The Balaban J connectivity index is 1.77. The molecule has 1 aromatic carbocycles. The highest BCUT2D eigenvalue weighted by atomic mass is 19.1. The molecule has 0 saturated heterocycles. The summed E-state index contributed by atoms with van der Waals surface area (Å²) in [6.45, 7) is 0.407. The Morgan fingerprint density at radius 1 is 1.16 bits per heavy atom. The summed E-state index contributed by atoms with van der Waals surface area (Å²) >= 11 is 0. The van der Waals surface area contributed by atoms with Gasteiger partial charge in [0.2, 0.25) is 0 Å². The Kier molecular flexibility index (Phi) is 4.46. The van der Waals surface area contributed by atoms with E-state index in [2.05, 4.69) is 25.7 Å². The van der Waals surface area contributed by atoms with Gasteiger partial charge in [0.25, 0.3) is 5.91 Å². The second kappa shape index (κ2) is 7.31. The van der Waals surface area contributed by atoms with Crippen molar-refractivity contribution in [1.29, 1.82) is 0 Å². The number of amides is 1. The topological polar surface area (TPSA) is 94.0 Å². The maximum atomic E-state index is 14.4. The first kappa shape index (κ1) is 18.9. The van der Waals surface area contributed by atoms with Crippen molar-refractivity contribution in [3.63, 3.8) is 0 Å². The van der Waals surface area contributed by atoms with E-state index in [4.69, 9.17) is 4.74 Å². The molecule has 8 nitrogen and oxygen atoms in total. The zero-order valence-corrected chi connectivity index (χ0v) is 16.3. The molecule has 2 N–H and O–H groups in total. The van der Waals surface area contributed by atoms with Gasteiger partial charge in [-0.2, -0.15) is 4.98 Å². The number of halogens is 2. The summed E-state index contributed by atoms with van der Waals surface area (Å²) in [7, 11) is 1.45. The lowest BCUT2D eigenvalue weighted by Crippen LogP contribution is -2.33. The molecular weight excluding hydrogens is 406 g/mol. The number of pyridine rings is 1. The molecular formula is C21H16F2N6O2. The molecule has 4 aromatic rings. The summed E-state index contributed by atoms with van der Waals surface area (Å²) in [6, 6.07) is 7.13. The van der Waals surface area contributed by atoms with Crippen LogP contribution in [0.5, 0.6) is 6.01 Å². The lowest BCUT2D eigenvalue weighted by atomic mass is 10.1. The van der Waals surface area contributed by atoms with Crippen molar-refractivity contribution in [1.82, 2.24) is 24.9 Å². The van der Waals surface area contributed by atoms with Gasteiger partial charge in [0.05, 0.1) is 30.3 Å². The van der Waals surface area contributed by atoms with E-state index in [1.54, 1.807) is 18.3 Å². The molecule has 156 valence electrons. The van der Waals surface area contributed by atoms with Gasteiger partial charge in [-0.25, -0.2) is 13.8 Å². The number of hydrogen-bond donors (Lipinski definition) is 2. The lowest BCUT2D eigenvalue weighted by molar-refractivity contribution is 0.0945. The second-order valence-electron chi connectivity index (χ2n) is 6.89. The molecule has 0 spiro atoms. The predicted octanol–water partition coefficient (Wildman–Crippen LogP) is 2.94. The van der Waals surface area contributed by atoms with Crippen LogP contribution in [-0.2, 0) is 6.42 Å². The number of anilines is 1. The predicted molar refractivity (Wildman–Crippen MR) is 109 cm³/mol. The smallest absolute Gasteiger partial charge is 0.316 e. The quantitative estimate of drug-likeness (QED) is 0.525. The van der Waals surface area contributed by atoms with E-state index in [-0.39, 0.29) is 17.6 Å². The van der Waals surface area contributed by atoms with Crippen LogP contribution in [0.4, 0.5) is 14.5 Å². The molecule has 0 unspecified atom stereocenters. The Morgan fingerprint density at radius 3 is 2.74 bits per heavy atom. The molecule has 1 amide bonds. The van der Waals surface area contributed by atoms with E-state index >= 15 is 0 Å². The fourth-order valence-electron chi connectivity index (χ4n) is 3.65. The monoisotopic (exact) mass is 422 g/mol. The average Bonchev–Trinajstić information content (AvgIpc) is 3.15. The first-order valence-electron chi connectivity index (χ1n) is 9.47. The highest BCUT2D eigenvalue weighted by Crippen LogP contribution is 2.33. The van der Waals surface area contributed by atoms with Crippen LogP contribution in [0.3, 0.4) is 0 Å².